The fourth-order valence-electron chi connectivity index (χ4n) is 5.92. The fraction of sp³-hybridized carbons (Fsp3) is 0.438. The number of aromatic nitrogens is 1. The molecule has 0 bridgehead atoms. The van der Waals surface area contributed by atoms with Gasteiger partial charge in [-0.2, -0.15) is 0 Å². The largest absolute Gasteiger partial charge is 0.464 e. The predicted molar refractivity (Wildman–Crippen MR) is 169 cm³/mol. The van der Waals surface area contributed by atoms with Crippen LogP contribution in [-0.4, -0.2) is 51.2 Å². The Balaban J connectivity index is 1.92. The number of hydrogen-bond donors (Lipinski definition) is 0. The van der Waals surface area contributed by atoms with Gasteiger partial charge in [0.05, 0.1) is 36.8 Å². The minimum Gasteiger partial charge on any atom is -0.464 e. The third-order valence-electron chi connectivity index (χ3n) is 7.61. The lowest BCUT2D eigenvalue weighted by Gasteiger charge is -2.43. The van der Waals surface area contributed by atoms with E-state index in [9.17, 15) is 9.70 Å². The molecule has 1 fully saturated rings. The summed E-state index contributed by atoms with van der Waals surface area (Å²) in [6, 6.07) is 18.3. The SMILES string of the molecule is CCOC(=O)C(N=O)c1nc(CO[Si](c2ccccc2)(c2ccccc2)C(C)(C)C)c(N2CC(C)OC(C)C2)c(Cl)c1F. The highest BCUT2D eigenvalue weighted by molar-refractivity contribution is 6.99. The maximum Gasteiger partial charge on any atom is 0.341 e. The van der Waals surface area contributed by atoms with Gasteiger partial charge < -0.3 is 18.8 Å². The molecule has 0 radical (unpaired) electrons. The van der Waals surface area contributed by atoms with Crippen LogP contribution in [-0.2, 0) is 25.3 Å². The topological polar surface area (TPSA) is 90.3 Å². The van der Waals surface area contributed by atoms with Crippen molar-refractivity contribution in [2.24, 2.45) is 5.18 Å². The Kier molecular flexibility index (Phi) is 10.4. The van der Waals surface area contributed by atoms with Gasteiger partial charge in [0.1, 0.15) is 10.7 Å². The Labute approximate surface area is 258 Å². The summed E-state index contributed by atoms with van der Waals surface area (Å²) in [4.78, 5) is 31.0. The highest BCUT2D eigenvalue weighted by atomic mass is 35.5. The highest BCUT2D eigenvalue weighted by Crippen LogP contribution is 2.41. The summed E-state index contributed by atoms with van der Waals surface area (Å²) in [5.74, 6) is -1.99. The molecule has 230 valence electrons. The number of hydrogen-bond acceptors (Lipinski definition) is 8. The van der Waals surface area contributed by atoms with Gasteiger partial charge in [0.2, 0.25) is 6.04 Å². The van der Waals surface area contributed by atoms with Crippen LogP contribution in [0.1, 0.15) is 59.0 Å². The minimum atomic E-state index is -3.05. The lowest BCUT2D eigenvalue weighted by atomic mass is 10.1. The van der Waals surface area contributed by atoms with Crippen molar-refractivity contribution < 1.29 is 23.1 Å². The van der Waals surface area contributed by atoms with Crippen LogP contribution in [0.3, 0.4) is 0 Å². The second-order valence-electron chi connectivity index (χ2n) is 11.8. The van der Waals surface area contributed by atoms with Crippen molar-refractivity contribution >= 4 is 41.9 Å². The van der Waals surface area contributed by atoms with Gasteiger partial charge in [0, 0.05) is 13.1 Å². The Morgan fingerprint density at radius 1 is 1.09 bits per heavy atom. The minimum absolute atomic E-state index is 0.00827. The van der Waals surface area contributed by atoms with Crippen molar-refractivity contribution in [2.75, 3.05) is 24.6 Å². The average Bonchev–Trinajstić information content (AvgIpc) is 2.96. The highest BCUT2D eigenvalue weighted by Gasteiger charge is 2.50. The Bertz CT molecular complexity index is 1370. The summed E-state index contributed by atoms with van der Waals surface area (Å²) in [6.45, 7) is 12.7. The number of ether oxygens (including phenoxy) is 2. The van der Waals surface area contributed by atoms with E-state index in [-0.39, 0.29) is 35.5 Å². The van der Waals surface area contributed by atoms with Gasteiger partial charge in [-0.25, -0.2) is 14.2 Å². The molecular formula is C32H39ClFN3O5Si. The van der Waals surface area contributed by atoms with Crippen LogP contribution in [0.15, 0.2) is 65.8 Å². The number of rotatable bonds is 10. The van der Waals surface area contributed by atoms with Crippen molar-refractivity contribution in [3.8, 4) is 0 Å². The first-order valence-corrected chi connectivity index (χ1v) is 16.7. The second kappa shape index (κ2) is 13.6. The summed E-state index contributed by atoms with van der Waals surface area (Å²) in [5.41, 5.74) is 0.155. The smallest absolute Gasteiger partial charge is 0.341 e. The normalized spacial score (nSPS) is 18.3. The van der Waals surface area contributed by atoms with Crippen LogP contribution in [0.4, 0.5) is 10.1 Å². The maximum absolute atomic E-state index is 15.9. The number of esters is 1. The van der Waals surface area contributed by atoms with E-state index < -0.39 is 31.8 Å². The zero-order chi connectivity index (χ0) is 31.4. The predicted octanol–water partition coefficient (Wildman–Crippen LogP) is 5.93. The lowest BCUT2D eigenvalue weighted by Crippen LogP contribution is -2.66. The monoisotopic (exact) mass is 627 g/mol. The zero-order valence-electron chi connectivity index (χ0n) is 25.5. The number of pyridine rings is 1. The fourth-order valence-corrected chi connectivity index (χ4v) is 10.8. The van der Waals surface area contributed by atoms with Crippen molar-refractivity contribution in [3.63, 3.8) is 0 Å². The van der Waals surface area contributed by atoms with Gasteiger partial charge in [-0.15, -0.1) is 4.91 Å². The van der Waals surface area contributed by atoms with E-state index in [1.54, 1.807) is 6.92 Å². The Morgan fingerprint density at radius 2 is 1.63 bits per heavy atom. The third-order valence-corrected chi connectivity index (χ3v) is 12.9. The molecule has 1 aliphatic heterocycles. The van der Waals surface area contributed by atoms with Gasteiger partial charge in [-0.05, 0) is 41.4 Å². The number of carbonyl (C=O) groups excluding carboxylic acids is 1. The third kappa shape index (κ3) is 6.67. The van der Waals surface area contributed by atoms with E-state index in [0.717, 1.165) is 10.4 Å². The lowest BCUT2D eigenvalue weighted by molar-refractivity contribution is -0.144. The number of benzene rings is 2. The van der Waals surface area contributed by atoms with E-state index in [4.69, 9.17) is 25.5 Å². The molecule has 3 aromatic rings. The van der Waals surface area contributed by atoms with Crippen LogP contribution in [0.25, 0.3) is 0 Å². The first kappa shape index (κ1) is 32.7. The van der Waals surface area contributed by atoms with E-state index >= 15 is 4.39 Å². The van der Waals surface area contributed by atoms with Gasteiger partial charge in [0.25, 0.3) is 8.32 Å². The summed E-state index contributed by atoms with van der Waals surface area (Å²) in [6.07, 6.45) is -0.311. The molecule has 3 unspecified atom stereocenters. The molecule has 1 aliphatic rings. The van der Waals surface area contributed by atoms with Gasteiger partial charge in [0.15, 0.2) is 5.82 Å². The standard InChI is InChI=1S/C32H39ClFN3O5Si/c1-7-40-31(38)29(36-39)28-27(34)26(33)30(37-18-21(2)42-22(3)19-37)25(35-28)20-41-43(32(4,5)6,23-14-10-8-11-15-23)24-16-12-9-13-17-24/h8-17,21-22,29H,7,18-20H2,1-6H3. The maximum atomic E-state index is 15.9. The number of nitroso groups, excluding NO2 is 1. The molecule has 43 heavy (non-hydrogen) atoms. The van der Waals surface area contributed by atoms with Crippen molar-refractivity contribution in [1.29, 1.82) is 0 Å². The molecule has 4 rings (SSSR count). The van der Waals surface area contributed by atoms with Crippen LogP contribution < -0.4 is 15.3 Å². The number of halogens is 2. The van der Waals surface area contributed by atoms with Crippen molar-refractivity contribution in [3.05, 3.63) is 87.8 Å². The van der Waals surface area contributed by atoms with E-state index in [2.05, 4.69) is 55.2 Å². The van der Waals surface area contributed by atoms with E-state index in [1.165, 1.54) is 0 Å². The summed E-state index contributed by atoms with van der Waals surface area (Å²) in [7, 11) is -3.05. The number of carbonyl (C=O) groups is 1. The summed E-state index contributed by atoms with van der Waals surface area (Å²) in [5, 5.41) is 4.38. The first-order chi connectivity index (χ1) is 20.4. The molecule has 0 N–H and O–H groups in total. The van der Waals surface area contributed by atoms with Crippen LogP contribution in [0.2, 0.25) is 10.1 Å². The number of anilines is 1. The zero-order valence-corrected chi connectivity index (χ0v) is 27.2. The van der Waals surface area contributed by atoms with Crippen LogP contribution >= 0.6 is 11.6 Å². The van der Waals surface area contributed by atoms with Crippen molar-refractivity contribution in [2.45, 2.75) is 71.4 Å². The Morgan fingerprint density at radius 3 is 2.09 bits per heavy atom. The molecule has 3 atom stereocenters. The van der Waals surface area contributed by atoms with E-state index in [0.29, 0.717) is 24.5 Å². The molecular weight excluding hydrogens is 589 g/mol. The molecule has 0 amide bonds. The van der Waals surface area contributed by atoms with Crippen LogP contribution in [0, 0.1) is 10.7 Å². The van der Waals surface area contributed by atoms with Gasteiger partial charge in [-0.1, -0.05) is 93.0 Å². The van der Waals surface area contributed by atoms with Gasteiger partial charge >= 0.3 is 5.97 Å². The summed E-state index contributed by atoms with van der Waals surface area (Å²) >= 11 is 6.75. The number of morpholine rings is 1. The second-order valence-corrected chi connectivity index (χ2v) is 16.5. The quantitative estimate of drug-likeness (QED) is 0.156. The Hall–Kier alpha value is -3.18. The molecule has 0 saturated carbocycles. The molecule has 0 aliphatic carbocycles. The molecule has 1 aromatic heterocycles. The van der Waals surface area contributed by atoms with Crippen molar-refractivity contribution in [1.82, 2.24) is 4.98 Å². The molecule has 1 saturated heterocycles. The molecule has 8 nitrogen and oxygen atoms in total. The molecule has 11 heteroatoms. The molecule has 0 spiro atoms. The summed E-state index contributed by atoms with van der Waals surface area (Å²) < 4.78 is 34.0. The first-order valence-electron chi connectivity index (χ1n) is 14.5. The van der Waals surface area contributed by atoms with E-state index in [1.807, 2.05) is 55.1 Å². The number of nitrogens with zero attached hydrogens (tertiary/aromatic N) is 3. The average molecular weight is 628 g/mol. The van der Waals surface area contributed by atoms with Crippen LogP contribution in [0.5, 0.6) is 0 Å². The molecule has 2 aromatic carbocycles. The molecule has 2 heterocycles. The van der Waals surface area contributed by atoms with Gasteiger partial charge in [-0.3, -0.25) is 0 Å².